The van der Waals surface area contributed by atoms with Gasteiger partial charge in [-0.3, -0.25) is 14.9 Å². The first-order valence-electron chi connectivity index (χ1n) is 9.02. The Morgan fingerprint density at radius 2 is 1.81 bits per heavy atom. The number of nitrogens with zero attached hydrogens (tertiary/aromatic N) is 1. The van der Waals surface area contributed by atoms with Crippen LogP contribution in [0.5, 0.6) is 5.75 Å². The van der Waals surface area contributed by atoms with Crippen molar-refractivity contribution < 1.29 is 14.5 Å². The molecule has 27 heavy (non-hydrogen) atoms. The molecule has 0 spiro atoms. The van der Waals surface area contributed by atoms with Crippen LogP contribution in [-0.2, 0) is 17.6 Å². The zero-order valence-corrected chi connectivity index (χ0v) is 16.0. The number of carbonyl (C=O) groups excluding carboxylic acids is 1. The summed E-state index contributed by atoms with van der Waals surface area (Å²) in [6, 6.07) is 12.5. The number of aryl methyl sites for hydroxylation is 2. The molecule has 0 aliphatic carbocycles. The van der Waals surface area contributed by atoms with Gasteiger partial charge >= 0.3 is 0 Å². The average molecular weight is 367 g/mol. The van der Waals surface area contributed by atoms with Gasteiger partial charge in [-0.15, -0.1) is 0 Å². The third-order valence-corrected chi connectivity index (χ3v) is 4.34. The number of non-ortho nitro benzene ring substituents is 1. The normalized spacial score (nSPS) is 11.3. The van der Waals surface area contributed by atoms with Gasteiger partial charge in [-0.1, -0.05) is 42.8 Å². The molecule has 5 nitrogen and oxygen atoms in total. The maximum Gasteiger partial charge on any atom is 0.269 e. The number of nitro benzene ring substituents is 1. The average Bonchev–Trinajstić information content (AvgIpc) is 2.65. The van der Waals surface area contributed by atoms with Crippen molar-refractivity contribution in [2.75, 3.05) is 6.61 Å². The minimum atomic E-state index is -0.414. The monoisotopic (exact) mass is 367 g/mol. The van der Waals surface area contributed by atoms with Gasteiger partial charge in [-0.05, 0) is 49.4 Å². The van der Waals surface area contributed by atoms with E-state index in [4.69, 9.17) is 4.74 Å². The Labute approximate surface area is 159 Å². The molecule has 0 radical (unpaired) electrons. The lowest BCUT2D eigenvalue weighted by molar-refractivity contribution is -0.384. The van der Waals surface area contributed by atoms with E-state index >= 15 is 0 Å². The lowest BCUT2D eigenvalue weighted by atomic mass is 10.0. The SMILES string of the molecule is CCc1ccc(OCC(=O)C/C=C(\C)Cc2ccc([N+](=O)[O-])cc2)c(C)c1. The Kier molecular flexibility index (Phi) is 7.29. The first-order chi connectivity index (χ1) is 12.9. The van der Waals surface area contributed by atoms with Crippen molar-refractivity contribution in [3.05, 3.63) is 80.9 Å². The summed E-state index contributed by atoms with van der Waals surface area (Å²) in [6.45, 7) is 6.08. The number of hydrogen-bond donors (Lipinski definition) is 0. The van der Waals surface area contributed by atoms with Crippen molar-refractivity contribution >= 4 is 11.5 Å². The van der Waals surface area contributed by atoms with Crippen LogP contribution in [0.2, 0.25) is 0 Å². The fourth-order valence-corrected chi connectivity index (χ4v) is 2.73. The molecule has 0 heterocycles. The number of ketones is 1. The van der Waals surface area contributed by atoms with Crippen LogP contribution < -0.4 is 4.74 Å². The van der Waals surface area contributed by atoms with Crippen LogP contribution in [-0.4, -0.2) is 17.3 Å². The summed E-state index contributed by atoms with van der Waals surface area (Å²) < 4.78 is 5.64. The number of hydrogen-bond acceptors (Lipinski definition) is 4. The van der Waals surface area contributed by atoms with Crippen LogP contribution in [0, 0.1) is 17.0 Å². The minimum absolute atomic E-state index is 0.0111. The molecule has 5 heteroatoms. The van der Waals surface area contributed by atoms with Crippen molar-refractivity contribution in [2.45, 2.75) is 40.0 Å². The fourth-order valence-electron chi connectivity index (χ4n) is 2.73. The Morgan fingerprint density at radius 3 is 2.41 bits per heavy atom. The molecule has 2 aromatic rings. The van der Waals surface area contributed by atoms with Gasteiger partial charge in [0.2, 0.25) is 0 Å². The Morgan fingerprint density at radius 1 is 1.15 bits per heavy atom. The third kappa shape index (κ3) is 6.37. The molecule has 0 atom stereocenters. The van der Waals surface area contributed by atoms with Crippen LogP contribution in [0.1, 0.15) is 37.0 Å². The van der Waals surface area contributed by atoms with Crippen LogP contribution in [0.15, 0.2) is 54.1 Å². The van der Waals surface area contributed by atoms with Crippen molar-refractivity contribution in [1.29, 1.82) is 0 Å². The molecule has 0 aliphatic rings. The van der Waals surface area contributed by atoms with E-state index < -0.39 is 4.92 Å². The highest BCUT2D eigenvalue weighted by Crippen LogP contribution is 2.19. The molecule has 2 aromatic carbocycles. The number of nitro groups is 1. The number of rotatable bonds is 9. The smallest absolute Gasteiger partial charge is 0.269 e. The van der Waals surface area contributed by atoms with E-state index in [2.05, 4.69) is 13.0 Å². The van der Waals surface area contributed by atoms with Gasteiger partial charge in [-0.25, -0.2) is 0 Å². The zero-order valence-electron chi connectivity index (χ0n) is 16.0. The van der Waals surface area contributed by atoms with Gasteiger partial charge in [-0.2, -0.15) is 0 Å². The summed E-state index contributed by atoms with van der Waals surface area (Å²) in [5, 5.41) is 10.7. The van der Waals surface area contributed by atoms with Gasteiger partial charge in [0.25, 0.3) is 5.69 Å². The molecule has 0 fully saturated rings. The summed E-state index contributed by atoms with van der Waals surface area (Å²) in [5.41, 5.74) is 4.38. The number of Topliss-reactive ketones (excluding diaryl/α,β-unsaturated/α-hetero) is 1. The number of benzene rings is 2. The standard InChI is InChI=1S/C22H25NO4/c1-4-18-8-12-22(17(3)14-18)27-15-21(24)11-5-16(2)13-19-6-9-20(10-7-19)23(25)26/h5-10,12,14H,4,11,13,15H2,1-3H3/b16-5+. The molecule has 0 N–H and O–H groups in total. The maximum atomic E-state index is 12.1. The van der Waals surface area contributed by atoms with Crippen LogP contribution in [0.25, 0.3) is 0 Å². The summed E-state index contributed by atoms with van der Waals surface area (Å²) in [6.07, 6.45) is 3.83. The van der Waals surface area contributed by atoms with Crippen molar-refractivity contribution in [1.82, 2.24) is 0 Å². The van der Waals surface area contributed by atoms with Crippen LogP contribution in [0.4, 0.5) is 5.69 Å². The van der Waals surface area contributed by atoms with Gasteiger partial charge in [0.15, 0.2) is 5.78 Å². The Balaban J connectivity index is 1.83. The largest absolute Gasteiger partial charge is 0.486 e. The molecule has 0 amide bonds. The summed E-state index contributed by atoms with van der Waals surface area (Å²) in [7, 11) is 0. The maximum absolute atomic E-state index is 12.1. The molecule has 0 unspecified atom stereocenters. The molecule has 0 bridgehead atoms. The van der Waals surface area contributed by atoms with Gasteiger partial charge < -0.3 is 4.74 Å². The van der Waals surface area contributed by atoms with Crippen LogP contribution >= 0.6 is 0 Å². The molecule has 0 saturated carbocycles. The van der Waals surface area contributed by atoms with Gasteiger partial charge in [0.05, 0.1) is 4.92 Å². The van der Waals surface area contributed by atoms with E-state index in [9.17, 15) is 14.9 Å². The first-order valence-corrected chi connectivity index (χ1v) is 9.02. The van der Waals surface area contributed by atoms with Gasteiger partial charge in [0, 0.05) is 18.6 Å². The second-order valence-electron chi connectivity index (χ2n) is 6.64. The predicted octanol–water partition coefficient (Wildman–Crippen LogP) is 4.99. The van der Waals surface area contributed by atoms with E-state index in [1.54, 1.807) is 12.1 Å². The van der Waals surface area contributed by atoms with Crippen molar-refractivity contribution in [3.8, 4) is 5.75 Å². The highest BCUT2D eigenvalue weighted by molar-refractivity contribution is 5.81. The van der Waals surface area contributed by atoms with E-state index in [-0.39, 0.29) is 18.1 Å². The van der Waals surface area contributed by atoms with Crippen LogP contribution in [0.3, 0.4) is 0 Å². The van der Waals surface area contributed by atoms with Gasteiger partial charge in [0.1, 0.15) is 12.4 Å². The topological polar surface area (TPSA) is 69.4 Å². The highest BCUT2D eigenvalue weighted by atomic mass is 16.6. The van der Waals surface area contributed by atoms with E-state index in [0.717, 1.165) is 28.9 Å². The zero-order chi connectivity index (χ0) is 19.8. The molecule has 0 aromatic heterocycles. The van der Waals surface area contributed by atoms with E-state index in [1.165, 1.54) is 17.7 Å². The molecular formula is C22H25NO4. The molecule has 2 rings (SSSR count). The third-order valence-electron chi connectivity index (χ3n) is 4.34. The minimum Gasteiger partial charge on any atom is -0.486 e. The predicted molar refractivity (Wildman–Crippen MR) is 106 cm³/mol. The first kappa shape index (κ1) is 20.4. The summed E-state index contributed by atoms with van der Waals surface area (Å²) in [5.74, 6) is 0.754. The van der Waals surface area contributed by atoms with E-state index in [0.29, 0.717) is 12.8 Å². The molecule has 0 saturated heterocycles. The number of allylic oxidation sites excluding steroid dienone is 2. The van der Waals surface area contributed by atoms with Crippen molar-refractivity contribution in [3.63, 3.8) is 0 Å². The Hall–Kier alpha value is -2.95. The fraction of sp³-hybridized carbons (Fsp3) is 0.318. The second kappa shape index (κ2) is 9.67. The molecular weight excluding hydrogens is 342 g/mol. The highest BCUT2D eigenvalue weighted by Gasteiger charge is 2.06. The molecule has 142 valence electrons. The molecule has 0 aliphatic heterocycles. The number of carbonyl (C=O) groups is 1. The Bertz CT molecular complexity index is 838. The second-order valence-corrected chi connectivity index (χ2v) is 6.64. The summed E-state index contributed by atoms with van der Waals surface area (Å²) in [4.78, 5) is 22.3. The van der Waals surface area contributed by atoms with Crippen molar-refractivity contribution in [2.24, 2.45) is 0 Å². The number of ether oxygens (including phenoxy) is 1. The van der Waals surface area contributed by atoms with E-state index in [1.807, 2.05) is 32.1 Å². The summed E-state index contributed by atoms with van der Waals surface area (Å²) >= 11 is 0. The lowest BCUT2D eigenvalue weighted by Crippen LogP contribution is -2.11. The lowest BCUT2D eigenvalue weighted by Gasteiger charge is -2.09. The quantitative estimate of drug-likeness (QED) is 0.355.